The number of aromatic nitrogens is 1. The molecule has 0 aliphatic rings. The Labute approximate surface area is 84.8 Å². The minimum Gasteiger partial charge on any atom is -0.264 e. The Bertz CT molecular complexity index is 458. The summed E-state index contributed by atoms with van der Waals surface area (Å²) in [6.07, 6.45) is 3.80. The molecule has 0 fully saturated rings. The summed E-state index contributed by atoms with van der Waals surface area (Å²) in [6.45, 7) is 6.65. The van der Waals surface area contributed by atoms with Crippen LogP contribution in [0, 0.1) is 6.92 Å². The fourth-order valence-corrected chi connectivity index (χ4v) is 2.07. The molecular formula is C13H15N. The van der Waals surface area contributed by atoms with Crippen LogP contribution in [0.2, 0.25) is 0 Å². The standard InChI is InChI=1S/C13H15N/c1-9(2)13-10(3)4-5-11-8-14-7-6-12(11)13/h4-9H,1-3H3. The van der Waals surface area contributed by atoms with Gasteiger partial charge in [-0.2, -0.15) is 0 Å². The number of hydrogen-bond acceptors (Lipinski definition) is 1. The Morgan fingerprint density at radius 3 is 2.64 bits per heavy atom. The largest absolute Gasteiger partial charge is 0.264 e. The predicted octanol–water partition coefficient (Wildman–Crippen LogP) is 3.67. The van der Waals surface area contributed by atoms with E-state index in [0.29, 0.717) is 5.92 Å². The lowest BCUT2D eigenvalue weighted by atomic mass is 9.93. The lowest BCUT2D eigenvalue weighted by Gasteiger charge is -2.12. The maximum Gasteiger partial charge on any atom is 0.0346 e. The van der Waals surface area contributed by atoms with Gasteiger partial charge in [0.25, 0.3) is 0 Å². The molecule has 2 aromatic rings. The van der Waals surface area contributed by atoms with Gasteiger partial charge >= 0.3 is 0 Å². The smallest absolute Gasteiger partial charge is 0.0346 e. The predicted molar refractivity (Wildman–Crippen MR) is 60.6 cm³/mol. The first kappa shape index (κ1) is 9.20. The fraction of sp³-hybridized carbons (Fsp3) is 0.308. The molecule has 1 nitrogen and oxygen atoms in total. The van der Waals surface area contributed by atoms with Crippen LogP contribution in [-0.2, 0) is 0 Å². The second-order valence-corrected chi connectivity index (χ2v) is 4.05. The summed E-state index contributed by atoms with van der Waals surface area (Å²) in [5.74, 6) is 0.570. The van der Waals surface area contributed by atoms with Crippen LogP contribution in [0.3, 0.4) is 0 Å². The molecule has 0 saturated heterocycles. The van der Waals surface area contributed by atoms with Crippen molar-refractivity contribution in [1.29, 1.82) is 0 Å². The Balaban J connectivity index is 2.83. The number of pyridine rings is 1. The summed E-state index contributed by atoms with van der Waals surface area (Å²) in [4.78, 5) is 4.14. The number of hydrogen-bond donors (Lipinski definition) is 0. The van der Waals surface area contributed by atoms with E-state index in [0.717, 1.165) is 0 Å². The topological polar surface area (TPSA) is 12.9 Å². The van der Waals surface area contributed by atoms with E-state index < -0.39 is 0 Å². The lowest BCUT2D eigenvalue weighted by molar-refractivity contribution is 0.866. The summed E-state index contributed by atoms with van der Waals surface area (Å²) < 4.78 is 0. The molecular weight excluding hydrogens is 170 g/mol. The van der Waals surface area contributed by atoms with Gasteiger partial charge in [0.1, 0.15) is 0 Å². The van der Waals surface area contributed by atoms with Crippen LogP contribution in [0.1, 0.15) is 30.9 Å². The van der Waals surface area contributed by atoms with Crippen LogP contribution in [0.4, 0.5) is 0 Å². The second-order valence-electron chi connectivity index (χ2n) is 4.05. The highest BCUT2D eigenvalue weighted by Crippen LogP contribution is 2.27. The Kier molecular flexibility index (Phi) is 2.24. The summed E-state index contributed by atoms with van der Waals surface area (Å²) >= 11 is 0. The van der Waals surface area contributed by atoms with E-state index in [1.165, 1.54) is 21.9 Å². The lowest BCUT2D eigenvalue weighted by Crippen LogP contribution is -1.93. The first-order valence-corrected chi connectivity index (χ1v) is 5.03. The molecule has 1 aromatic heterocycles. The Hall–Kier alpha value is -1.37. The van der Waals surface area contributed by atoms with Crippen LogP contribution in [-0.4, -0.2) is 4.98 Å². The molecule has 0 N–H and O–H groups in total. The highest BCUT2D eigenvalue weighted by atomic mass is 14.6. The van der Waals surface area contributed by atoms with Crippen LogP contribution < -0.4 is 0 Å². The number of fused-ring (bicyclic) bond motifs is 1. The normalized spacial score (nSPS) is 11.1. The third kappa shape index (κ3) is 1.39. The van der Waals surface area contributed by atoms with E-state index in [-0.39, 0.29) is 0 Å². The quantitative estimate of drug-likeness (QED) is 0.660. The van der Waals surface area contributed by atoms with Gasteiger partial charge in [-0.25, -0.2) is 0 Å². The van der Waals surface area contributed by atoms with E-state index in [4.69, 9.17) is 0 Å². The van der Waals surface area contributed by atoms with Crippen molar-refractivity contribution >= 4 is 10.8 Å². The van der Waals surface area contributed by atoms with E-state index in [2.05, 4.69) is 44.0 Å². The van der Waals surface area contributed by atoms with Gasteiger partial charge < -0.3 is 0 Å². The maximum atomic E-state index is 4.14. The zero-order valence-corrected chi connectivity index (χ0v) is 8.91. The van der Waals surface area contributed by atoms with Crippen LogP contribution in [0.25, 0.3) is 10.8 Å². The molecule has 2 rings (SSSR count). The SMILES string of the molecule is Cc1ccc2cnccc2c1C(C)C. The highest BCUT2D eigenvalue weighted by molar-refractivity contribution is 5.86. The van der Waals surface area contributed by atoms with Gasteiger partial charge in [-0.1, -0.05) is 26.0 Å². The van der Waals surface area contributed by atoms with Crippen LogP contribution >= 0.6 is 0 Å². The van der Waals surface area contributed by atoms with Gasteiger partial charge in [-0.3, -0.25) is 4.98 Å². The fourth-order valence-electron chi connectivity index (χ4n) is 2.07. The van der Waals surface area contributed by atoms with Crippen molar-refractivity contribution in [2.24, 2.45) is 0 Å². The monoisotopic (exact) mass is 185 g/mol. The average molecular weight is 185 g/mol. The highest BCUT2D eigenvalue weighted by Gasteiger charge is 2.07. The van der Waals surface area contributed by atoms with E-state index in [1.54, 1.807) is 0 Å². The molecule has 1 aromatic carbocycles. The van der Waals surface area contributed by atoms with Crippen molar-refractivity contribution in [2.75, 3.05) is 0 Å². The average Bonchev–Trinajstić information content (AvgIpc) is 2.17. The molecule has 0 bridgehead atoms. The van der Waals surface area contributed by atoms with Crippen molar-refractivity contribution in [3.05, 3.63) is 41.7 Å². The minimum atomic E-state index is 0.570. The maximum absolute atomic E-state index is 4.14. The number of benzene rings is 1. The Morgan fingerprint density at radius 1 is 1.14 bits per heavy atom. The molecule has 1 heterocycles. The number of rotatable bonds is 1. The number of aryl methyl sites for hydroxylation is 1. The summed E-state index contributed by atoms with van der Waals surface area (Å²) in [5, 5.41) is 2.58. The molecule has 72 valence electrons. The summed E-state index contributed by atoms with van der Waals surface area (Å²) in [5.41, 5.74) is 2.82. The first-order valence-electron chi connectivity index (χ1n) is 5.03. The van der Waals surface area contributed by atoms with Gasteiger partial charge in [0.15, 0.2) is 0 Å². The molecule has 0 aliphatic heterocycles. The van der Waals surface area contributed by atoms with Gasteiger partial charge in [-0.05, 0) is 35.4 Å². The van der Waals surface area contributed by atoms with Crippen molar-refractivity contribution < 1.29 is 0 Å². The molecule has 0 atom stereocenters. The van der Waals surface area contributed by atoms with Crippen molar-refractivity contribution in [3.8, 4) is 0 Å². The van der Waals surface area contributed by atoms with Gasteiger partial charge in [0.2, 0.25) is 0 Å². The summed E-state index contributed by atoms with van der Waals surface area (Å²) in [7, 11) is 0. The third-order valence-electron chi connectivity index (χ3n) is 2.66. The van der Waals surface area contributed by atoms with Crippen LogP contribution in [0.5, 0.6) is 0 Å². The molecule has 0 spiro atoms. The van der Waals surface area contributed by atoms with Gasteiger partial charge in [0, 0.05) is 17.8 Å². The second kappa shape index (κ2) is 3.41. The zero-order chi connectivity index (χ0) is 10.1. The molecule has 14 heavy (non-hydrogen) atoms. The van der Waals surface area contributed by atoms with Gasteiger partial charge in [-0.15, -0.1) is 0 Å². The molecule has 0 amide bonds. The van der Waals surface area contributed by atoms with Crippen molar-refractivity contribution in [3.63, 3.8) is 0 Å². The number of nitrogens with zero attached hydrogens (tertiary/aromatic N) is 1. The van der Waals surface area contributed by atoms with E-state index in [1.807, 2.05) is 12.4 Å². The first-order chi connectivity index (χ1) is 6.70. The molecule has 0 aliphatic carbocycles. The summed E-state index contributed by atoms with van der Waals surface area (Å²) in [6, 6.07) is 6.43. The van der Waals surface area contributed by atoms with Crippen molar-refractivity contribution in [1.82, 2.24) is 4.98 Å². The third-order valence-corrected chi connectivity index (χ3v) is 2.66. The molecule has 0 unspecified atom stereocenters. The van der Waals surface area contributed by atoms with E-state index >= 15 is 0 Å². The van der Waals surface area contributed by atoms with Crippen molar-refractivity contribution in [2.45, 2.75) is 26.7 Å². The molecule has 1 heteroatoms. The zero-order valence-electron chi connectivity index (χ0n) is 8.91. The molecule has 0 saturated carbocycles. The minimum absolute atomic E-state index is 0.570. The molecule has 0 radical (unpaired) electrons. The van der Waals surface area contributed by atoms with Crippen LogP contribution in [0.15, 0.2) is 30.6 Å². The van der Waals surface area contributed by atoms with Gasteiger partial charge in [0.05, 0.1) is 0 Å². The Morgan fingerprint density at radius 2 is 1.93 bits per heavy atom. The van der Waals surface area contributed by atoms with E-state index in [9.17, 15) is 0 Å².